The summed E-state index contributed by atoms with van der Waals surface area (Å²) in [5.74, 6) is 0. The Morgan fingerprint density at radius 1 is 1.23 bits per heavy atom. The number of sulfonamides is 1. The van der Waals surface area contributed by atoms with Crippen LogP contribution in [0.25, 0.3) is 0 Å². The van der Waals surface area contributed by atoms with Gasteiger partial charge in [0.1, 0.15) is 4.90 Å². The van der Waals surface area contributed by atoms with Gasteiger partial charge in [-0.05, 0) is 44.7 Å². The first-order valence-corrected chi connectivity index (χ1v) is 10.5. The highest BCUT2D eigenvalue weighted by molar-refractivity contribution is 8.01. The summed E-state index contributed by atoms with van der Waals surface area (Å²) < 4.78 is 105. The molecule has 0 saturated heterocycles. The van der Waals surface area contributed by atoms with E-state index in [1.807, 2.05) is 0 Å². The smallest absolute Gasteiger partial charge is 0.245 e. The fourth-order valence-electron chi connectivity index (χ4n) is 2.72. The molecule has 30 heavy (non-hydrogen) atoms. The van der Waals surface area contributed by atoms with Crippen molar-refractivity contribution in [3.8, 4) is 0 Å². The minimum absolute atomic E-state index is 0.356. The van der Waals surface area contributed by atoms with Gasteiger partial charge in [-0.3, -0.25) is 0 Å². The number of thioether (sulfide) groups is 1. The molecule has 1 aromatic rings. The molecule has 1 atom stereocenters. The lowest BCUT2D eigenvalue weighted by atomic mass is 9.99. The van der Waals surface area contributed by atoms with Gasteiger partial charge in [-0.1, -0.05) is 12.1 Å². The number of hydrogen-bond acceptors (Lipinski definition) is 5. The Kier molecular flexibility index (Phi) is 6.44. The number of urea groups is 1. The Bertz CT molecular complexity index is 963. The molecule has 0 saturated carbocycles. The summed E-state index contributed by atoms with van der Waals surface area (Å²) >= 11 is -0.906. The third-order valence-electron chi connectivity index (χ3n) is 3.91. The highest BCUT2D eigenvalue weighted by Gasteiger charge is 2.57. The lowest BCUT2D eigenvalue weighted by Gasteiger charge is -2.28. The van der Waals surface area contributed by atoms with E-state index in [4.69, 9.17) is 0 Å². The number of carbonyl (C=O) groups is 1. The number of halogens is 6. The van der Waals surface area contributed by atoms with E-state index in [2.05, 4.69) is 5.10 Å². The Morgan fingerprint density at radius 3 is 2.30 bits per heavy atom. The minimum Gasteiger partial charge on any atom is -0.245 e. The maximum Gasteiger partial charge on any atom is 0.426 e. The first-order valence-electron chi connectivity index (χ1n) is 8.25. The quantitative estimate of drug-likeness (QED) is 0.499. The van der Waals surface area contributed by atoms with Crippen molar-refractivity contribution in [3.05, 3.63) is 24.3 Å². The van der Waals surface area contributed by atoms with Crippen LogP contribution in [0.1, 0.15) is 27.2 Å². The van der Waals surface area contributed by atoms with Crippen LogP contribution in [0.4, 0.5) is 31.1 Å². The number of amides is 2. The van der Waals surface area contributed by atoms with Gasteiger partial charge in [0.2, 0.25) is 0 Å². The predicted molar refractivity (Wildman–Crippen MR) is 97.6 cm³/mol. The molecule has 1 heterocycles. The molecule has 1 aromatic carbocycles. The predicted octanol–water partition coefficient (Wildman–Crippen LogP) is 4.53. The summed E-state index contributed by atoms with van der Waals surface area (Å²) in [7, 11) is -4.80. The van der Waals surface area contributed by atoms with Crippen molar-refractivity contribution >= 4 is 33.5 Å². The third-order valence-corrected chi connectivity index (χ3v) is 6.48. The van der Waals surface area contributed by atoms with Crippen molar-refractivity contribution in [2.75, 3.05) is 0 Å². The first kappa shape index (κ1) is 24.3. The van der Waals surface area contributed by atoms with Gasteiger partial charge in [-0.15, -0.1) is 0 Å². The van der Waals surface area contributed by atoms with E-state index in [-0.39, 0.29) is 0 Å². The molecule has 0 aromatic heterocycles. The highest BCUT2D eigenvalue weighted by atomic mass is 32.2. The number of nitrogens with zero attached hydrogens (tertiary/aromatic N) is 2. The Morgan fingerprint density at radius 2 is 1.80 bits per heavy atom. The average molecular weight is 477 g/mol. The molecular weight excluding hydrogens is 460 g/mol. The van der Waals surface area contributed by atoms with Gasteiger partial charge in [-0.2, -0.15) is 27.1 Å². The lowest BCUT2D eigenvalue weighted by Crippen LogP contribution is -2.48. The molecule has 6 nitrogen and oxygen atoms in total. The normalized spacial score (nSPS) is 18.2. The number of nitrogens with one attached hydrogen (secondary N) is 1. The Balaban J connectivity index is 2.33. The van der Waals surface area contributed by atoms with Crippen LogP contribution < -0.4 is 4.72 Å². The molecule has 1 aliphatic heterocycles. The van der Waals surface area contributed by atoms with Gasteiger partial charge >= 0.3 is 17.5 Å². The van der Waals surface area contributed by atoms with Gasteiger partial charge in [0.15, 0.2) is 0 Å². The average Bonchev–Trinajstić information content (AvgIpc) is 2.85. The van der Waals surface area contributed by atoms with E-state index in [1.165, 1.54) is 0 Å². The lowest BCUT2D eigenvalue weighted by molar-refractivity contribution is -0.219. The standard InChI is InChI=1S/C16H17F6N3O3S2/c1-9-8-14(2,3)25(23-9)13(26)24-30(27,28)11-7-5-4-6-10(11)29-16(21,22)12(17)15(18,19)20/h4-7,12H,8H2,1-3H3,(H,24,26). The molecule has 1 aliphatic rings. The largest absolute Gasteiger partial charge is 0.426 e. The van der Waals surface area contributed by atoms with Gasteiger partial charge in [0.25, 0.3) is 16.2 Å². The summed E-state index contributed by atoms with van der Waals surface area (Å²) in [5, 5.41) is -0.216. The van der Waals surface area contributed by atoms with Crippen LogP contribution in [-0.4, -0.2) is 48.3 Å². The van der Waals surface area contributed by atoms with Crippen LogP contribution in [-0.2, 0) is 10.0 Å². The summed E-state index contributed by atoms with van der Waals surface area (Å²) in [6.07, 6.45) is -10.0. The zero-order valence-electron chi connectivity index (χ0n) is 15.8. The maximum absolute atomic E-state index is 13.8. The van der Waals surface area contributed by atoms with E-state index in [0.717, 1.165) is 29.3 Å². The summed E-state index contributed by atoms with van der Waals surface area (Å²) in [6.45, 7) is 4.84. The number of alkyl halides is 6. The monoisotopic (exact) mass is 477 g/mol. The molecule has 0 bridgehead atoms. The zero-order chi connectivity index (χ0) is 23.1. The fraction of sp³-hybridized carbons (Fsp3) is 0.500. The SMILES string of the molecule is CC1=NN(C(=O)NS(=O)(=O)c2ccccc2SC(F)(F)C(F)C(F)(F)F)C(C)(C)C1. The molecule has 2 amide bonds. The molecular formula is C16H17F6N3O3S2. The van der Waals surface area contributed by atoms with Crippen LogP contribution in [0.3, 0.4) is 0 Å². The topological polar surface area (TPSA) is 78.8 Å². The molecule has 0 spiro atoms. The second-order valence-corrected chi connectivity index (χ2v) is 9.90. The molecule has 1 unspecified atom stereocenters. The van der Waals surface area contributed by atoms with Crippen molar-refractivity contribution in [2.24, 2.45) is 5.10 Å². The molecule has 2 rings (SSSR count). The number of hydrogen-bond donors (Lipinski definition) is 1. The van der Waals surface area contributed by atoms with Crippen LogP contribution >= 0.6 is 11.8 Å². The number of hydrazone groups is 1. The van der Waals surface area contributed by atoms with E-state index in [9.17, 15) is 39.6 Å². The maximum atomic E-state index is 13.8. The minimum atomic E-state index is -5.85. The number of benzene rings is 1. The fourth-order valence-corrected chi connectivity index (χ4v) is 5.04. The van der Waals surface area contributed by atoms with Crippen molar-refractivity contribution in [3.63, 3.8) is 0 Å². The molecule has 14 heteroatoms. The molecule has 1 N–H and O–H groups in total. The molecule has 0 radical (unpaired) electrons. The number of carbonyl (C=O) groups excluding carboxylic acids is 1. The first-order chi connectivity index (χ1) is 13.5. The van der Waals surface area contributed by atoms with E-state index in [0.29, 0.717) is 12.1 Å². The van der Waals surface area contributed by atoms with E-state index in [1.54, 1.807) is 25.5 Å². The third kappa shape index (κ3) is 5.20. The number of rotatable bonds is 5. The van der Waals surface area contributed by atoms with Gasteiger partial charge in [0.05, 0.1) is 5.54 Å². The van der Waals surface area contributed by atoms with Crippen molar-refractivity contribution in [1.82, 2.24) is 9.73 Å². The van der Waals surface area contributed by atoms with Gasteiger partial charge < -0.3 is 0 Å². The van der Waals surface area contributed by atoms with E-state index >= 15 is 0 Å². The summed E-state index contributed by atoms with van der Waals surface area (Å²) in [6, 6.07) is 2.60. The zero-order valence-corrected chi connectivity index (χ0v) is 17.4. The molecule has 0 fully saturated rings. The molecule has 168 valence electrons. The van der Waals surface area contributed by atoms with Gasteiger partial charge in [0, 0.05) is 17.0 Å². The van der Waals surface area contributed by atoms with Crippen molar-refractivity contribution in [2.45, 2.75) is 60.1 Å². The van der Waals surface area contributed by atoms with Crippen LogP contribution in [0.15, 0.2) is 39.2 Å². The highest BCUT2D eigenvalue weighted by Crippen LogP contribution is 2.46. The van der Waals surface area contributed by atoms with Crippen molar-refractivity contribution in [1.29, 1.82) is 0 Å². The van der Waals surface area contributed by atoms with Crippen LogP contribution in [0.2, 0.25) is 0 Å². The summed E-state index contributed by atoms with van der Waals surface area (Å²) in [5.41, 5.74) is -0.316. The van der Waals surface area contributed by atoms with Crippen LogP contribution in [0.5, 0.6) is 0 Å². The second-order valence-electron chi connectivity index (χ2n) is 7.06. The summed E-state index contributed by atoms with van der Waals surface area (Å²) in [4.78, 5) is 10.6. The van der Waals surface area contributed by atoms with Gasteiger partial charge in [-0.25, -0.2) is 27.3 Å². The molecule has 0 aliphatic carbocycles. The Hall–Kier alpha value is -1.96. The second kappa shape index (κ2) is 7.94. The van der Waals surface area contributed by atoms with Crippen LogP contribution in [0, 0.1) is 0 Å². The van der Waals surface area contributed by atoms with Crippen molar-refractivity contribution < 1.29 is 39.6 Å². The van der Waals surface area contributed by atoms with E-state index < -0.39 is 60.7 Å². The Labute approximate surface area is 172 Å².